The molecule has 1 aliphatic heterocycles. The largest absolute Gasteiger partial charge is 0.376 e. The van der Waals surface area contributed by atoms with Crippen LogP contribution in [0.3, 0.4) is 0 Å². The Morgan fingerprint density at radius 3 is 3.00 bits per heavy atom. The third-order valence-corrected chi connectivity index (χ3v) is 7.00. The van der Waals surface area contributed by atoms with Crippen LogP contribution in [0, 0.1) is 0 Å². The van der Waals surface area contributed by atoms with Crippen molar-refractivity contribution >= 4 is 39.9 Å². The predicted molar refractivity (Wildman–Crippen MR) is 126 cm³/mol. The lowest BCUT2D eigenvalue weighted by Gasteiger charge is -2.14. The number of fused-ring (bicyclic) bond motifs is 2. The molecule has 0 aliphatic carbocycles. The highest BCUT2D eigenvalue weighted by Crippen LogP contribution is 2.32. The van der Waals surface area contributed by atoms with Crippen LogP contribution in [0.2, 0.25) is 5.02 Å². The number of hydrogen-bond donors (Lipinski definition) is 1. The summed E-state index contributed by atoms with van der Waals surface area (Å²) >= 11 is 7.75. The predicted octanol–water partition coefficient (Wildman–Crippen LogP) is 5.20. The first-order chi connectivity index (χ1) is 15.7. The Hall–Kier alpha value is -2.81. The van der Waals surface area contributed by atoms with Crippen LogP contribution in [0.25, 0.3) is 27.9 Å². The summed E-state index contributed by atoms with van der Waals surface area (Å²) in [5.41, 5.74) is 4.00. The lowest BCUT2D eigenvalue weighted by molar-refractivity contribution is 0.0953. The highest BCUT2D eigenvalue weighted by atomic mass is 35.5. The quantitative estimate of drug-likeness (QED) is 0.350. The van der Waals surface area contributed by atoms with Gasteiger partial charge in [-0.1, -0.05) is 41.6 Å². The molecule has 1 aliphatic rings. The SMILES string of the molecule is Clc1ccc2nc(CSc3nnc(-c4c[nH]c5ccccc45)n3CC3CCCO3)cn2c1. The van der Waals surface area contributed by atoms with E-state index in [0.29, 0.717) is 10.8 Å². The standard InChI is InChI=1S/C23H21ClN6OS/c24-15-7-8-21-26-16(12-29(21)11-15)14-32-23-28-27-22(30(23)13-17-4-3-9-31-17)19-10-25-20-6-2-1-5-18(19)20/h1-2,5-8,10-12,17,25H,3-4,9,13-14H2. The van der Waals surface area contributed by atoms with Crippen molar-refractivity contribution in [3.63, 3.8) is 0 Å². The number of benzene rings is 1. The van der Waals surface area contributed by atoms with E-state index in [1.54, 1.807) is 11.8 Å². The lowest BCUT2D eigenvalue weighted by Crippen LogP contribution is -2.16. The zero-order valence-electron chi connectivity index (χ0n) is 17.2. The number of pyridine rings is 1. The Bertz CT molecular complexity index is 1400. The fourth-order valence-electron chi connectivity index (χ4n) is 4.23. The van der Waals surface area contributed by atoms with Gasteiger partial charge in [0.1, 0.15) is 5.65 Å². The molecule has 4 aromatic heterocycles. The molecular weight excluding hydrogens is 444 g/mol. The molecule has 162 valence electrons. The first kappa shape index (κ1) is 19.8. The zero-order chi connectivity index (χ0) is 21.5. The van der Waals surface area contributed by atoms with Gasteiger partial charge in [0.15, 0.2) is 11.0 Å². The first-order valence-electron chi connectivity index (χ1n) is 10.6. The number of hydrogen-bond acceptors (Lipinski definition) is 5. The molecule has 0 spiro atoms. The summed E-state index contributed by atoms with van der Waals surface area (Å²) in [5.74, 6) is 1.55. The molecule has 1 N–H and O–H groups in total. The fraction of sp³-hybridized carbons (Fsp3) is 0.261. The number of para-hydroxylation sites is 1. The van der Waals surface area contributed by atoms with E-state index in [1.807, 2.05) is 47.3 Å². The second-order valence-corrected chi connectivity index (χ2v) is 9.31. The van der Waals surface area contributed by atoms with Crippen LogP contribution in [-0.4, -0.2) is 41.8 Å². The monoisotopic (exact) mass is 464 g/mol. The van der Waals surface area contributed by atoms with E-state index < -0.39 is 0 Å². The van der Waals surface area contributed by atoms with Crippen LogP contribution in [-0.2, 0) is 17.0 Å². The van der Waals surface area contributed by atoms with Crippen molar-refractivity contribution < 1.29 is 4.74 Å². The zero-order valence-corrected chi connectivity index (χ0v) is 18.8. The van der Waals surface area contributed by atoms with E-state index in [-0.39, 0.29) is 6.10 Å². The van der Waals surface area contributed by atoms with Gasteiger partial charge in [-0.3, -0.25) is 4.57 Å². The summed E-state index contributed by atoms with van der Waals surface area (Å²) in [7, 11) is 0. The number of aromatic amines is 1. The molecule has 1 aromatic carbocycles. The van der Waals surface area contributed by atoms with Gasteiger partial charge in [-0.25, -0.2) is 4.98 Å². The number of nitrogens with zero attached hydrogens (tertiary/aromatic N) is 5. The molecule has 0 saturated carbocycles. The van der Waals surface area contributed by atoms with Crippen LogP contribution in [0.1, 0.15) is 18.5 Å². The van der Waals surface area contributed by atoms with Crippen LogP contribution >= 0.6 is 23.4 Å². The molecule has 9 heteroatoms. The number of thioether (sulfide) groups is 1. The van der Waals surface area contributed by atoms with Crippen molar-refractivity contribution in [2.24, 2.45) is 0 Å². The van der Waals surface area contributed by atoms with Gasteiger partial charge in [0.2, 0.25) is 0 Å². The molecule has 1 unspecified atom stereocenters. The van der Waals surface area contributed by atoms with Crippen molar-refractivity contribution in [2.45, 2.75) is 36.4 Å². The van der Waals surface area contributed by atoms with Gasteiger partial charge in [-0.2, -0.15) is 0 Å². The van der Waals surface area contributed by atoms with Crippen molar-refractivity contribution in [1.82, 2.24) is 29.1 Å². The molecule has 1 saturated heterocycles. The van der Waals surface area contributed by atoms with Gasteiger partial charge in [-0.05, 0) is 31.0 Å². The minimum atomic E-state index is 0.187. The second kappa shape index (κ2) is 8.27. The Balaban J connectivity index is 1.33. The minimum Gasteiger partial charge on any atom is -0.376 e. The van der Waals surface area contributed by atoms with E-state index >= 15 is 0 Å². The number of aromatic nitrogens is 6. The second-order valence-electron chi connectivity index (χ2n) is 7.93. The first-order valence-corrected chi connectivity index (χ1v) is 12.0. The Morgan fingerprint density at radius 1 is 1.16 bits per heavy atom. The van der Waals surface area contributed by atoms with Gasteiger partial charge in [0.05, 0.1) is 23.4 Å². The number of nitrogens with one attached hydrogen (secondary N) is 1. The van der Waals surface area contributed by atoms with Crippen molar-refractivity contribution in [2.75, 3.05) is 6.61 Å². The van der Waals surface area contributed by atoms with Gasteiger partial charge < -0.3 is 14.1 Å². The van der Waals surface area contributed by atoms with Crippen molar-refractivity contribution in [3.8, 4) is 11.4 Å². The molecule has 6 rings (SSSR count). The van der Waals surface area contributed by atoms with Gasteiger partial charge in [0, 0.05) is 47.4 Å². The summed E-state index contributed by atoms with van der Waals surface area (Å²) in [6.45, 7) is 1.56. The van der Waals surface area contributed by atoms with Crippen molar-refractivity contribution in [3.05, 3.63) is 65.7 Å². The molecule has 1 fully saturated rings. The third kappa shape index (κ3) is 3.68. The number of rotatable bonds is 6. The van der Waals surface area contributed by atoms with E-state index in [9.17, 15) is 0 Å². The maximum Gasteiger partial charge on any atom is 0.191 e. The fourth-order valence-corrected chi connectivity index (χ4v) is 5.23. The summed E-state index contributed by atoms with van der Waals surface area (Å²) < 4.78 is 10.1. The molecule has 1 atom stereocenters. The number of H-pyrrole nitrogens is 1. The maximum atomic E-state index is 6.11. The van der Waals surface area contributed by atoms with Crippen LogP contribution in [0.15, 0.2) is 60.1 Å². The van der Waals surface area contributed by atoms with Crippen LogP contribution in [0.5, 0.6) is 0 Å². The van der Waals surface area contributed by atoms with E-state index in [2.05, 4.69) is 31.9 Å². The molecule has 0 bridgehead atoms. The summed E-state index contributed by atoms with van der Waals surface area (Å²) in [5, 5.41) is 11.8. The van der Waals surface area contributed by atoms with E-state index in [0.717, 1.165) is 64.8 Å². The molecule has 32 heavy (non-hydrogen) atoms. The highest BCUT2D eigenvalue weighted by Gasteiger charge is 2.23. The van der Waals surface area contributed by atoms with Gasteiger partial charge in [-0.15, -0.1) is 10.2 Å². The van der Waals surface area contributed by atoms with Gasteiger partial charge >= 0.3 is 0 Å². The maximum absolute atomic E-state index is 6.11. The van der Waals surface area contributed by atoms with E-state index in [4.69, 9.17) is 21.3 Å². The number of ether oxygens (including phenoxy) is 1. The molecule has 5 aromatic rings. The normalized spacial score (nSPS) is 16.5. The summed E-state index contributed by atoms with van der Waals surface area (Å²) in [4.78, 5) is 8.05. The smallest absolute Gasteiger partial charge is 0.191 e. The highest BCUT2D eigenvalue weighted by molar-refractivity contribution is 7.98. The third-order valence-electron chi connectivity index (χ3n) is 5.77. The van der Waals surface area contributed by atoms with Crippen LogP contribution < -0.4 is 0 Å². The van der Waals surface area contributed by atoms with E-state index in [1.165, 1.54) is 0 Å². The molecule has 0 radical (unpaired) electrons. The summed E-state index contributed by atoms with van der Waals surface area (Å²) in [6.07, 6.45) is 8.24. The number of halogens is 1. The van der Waals surface area contributed by atoms with Gasteiger partial charge in [0.25, 0.3) is 0 Å². The average molecular weight is 465 g/mol. The average Bonchev–Trinajstić information content (AvgIpc) is 3.59. The topological polar surface area (TPSA) is 73.0 Å². The van der Waals surface area contributed by atoms with Crippen molar-refractivity contribution in [1.29, 1.82) is 0 Å². The Morgan fingerprint density at radius 2 is 2.09 bits per heavy atom. The summed E-state index contributed by atoms with van der Waals surface area (Å²) in [6, 6.07) is 12.0. The molecular formula is C23H21ClN6OS. The molecule has 0 amide bonds. The Kier molecular flexibility index (Phi) is 5.13. The minimum absolute atomic E-state index is 0.187. The lowest BCUT2D eigenvalue weighted by atomic mass is 10.1. The number of imidazole rings is 1. The molecule has 5 heterocycles. The molecule has 7 nitrogen and oxygen atoms in total. The Labute approximate surface area is 193 Å². The van der Waals surface area contributed by atoms with Crippen LogP contribution in [0.4, 0.5) is 0 Å².